The number of hydrogen-bond donors (Lipinski definition) is 4. The quantitative estimate of drug-likeness (QED) is 0.277. The summed E-state index contributed by atoms with van der Waals surface area (Å²) in [6.45, 7) is 1.23. The van der Waals surface area contributed by atoms with Gasteiger partial charge in [-0.3, -0.25) is 4.72 Å². The van der Waals surface area contributed by atoms with Crippen LogP contribution in [0, 0.1) is 0 Å². The standard InChI is InChI=1S/C21H24F3N7O4S2/c1-3-37(34,35)31-18-15(7-5-9-25-18)12-26-19-17(21(22,23)24)13-27-20(30-19)29-16-8-4-6-14(10-16)11-28-36(2,32)33/h4-10,13,28H,3,11-12H2,1-2H3,(H,25,31)(H2,26,27,29,30). The van der Waals surface area contributed by atoms with Crippen molar-refractivity contribution in [2.24, 2.45) is 0 Å². The first-order valence-electron chi connectivity index (χ1n) is 10.7. The van der Waals surface area contributed by atoms with Gasteiger partial charge in [0.1, 0.15) is 17.2 Å². The van der Waals surface area contributed by atoms with Gasteiger partial charge in [0.25, 0.3) is 0 Å². The van der Waals surface area contributed by atoms with Gasteiger partial charge in [0.2, 0.25) is 26.0 Å². The molecule has 0 saturated carbocycles. The van der Waals surface area contributed by atoms with Crippen molar-refractivity contribution in [3.63, 3.8) is 0 Å². The highest BCUT2D eigenvalue weighted by atomic mass is 32.2. The third-order valence-corrected chi connectivity index (χ3v) is 6.72. The van der Waals surface area contributed by atoms with E-state index in [0.717, 1.165) is 6.26 Å². The lowest BCUT2D eigenvalue weighted by Crippen LogP contribution is -2.21. The molecule has 1 aromatic carbocycles. The molecule has 0 amide bonds. The zero-order chi connectivity index (χ0) is 27.3. The minimum Gasteiger partial charge on any atom is -0.365 e. The second-order valence-corrected chi connectivity index (χ2v) is 11.6. The summed E-state index contributed by atoms with van der Waals surface area (Å²) in [6, 6.07) is 9.53. The first-order chi connectivity index (χ1) is 17.3. The molecular formula is C21H24F3N7O4S2. The van der Waals surface area contributed by atoms with E-state index in [2.05, 4.69) is 35.0 Å². The average Bonchev–Trinajstić information content (AvgIpc) is 2.81. The summed E-state index contributed by atoms with van der Waals surface area (Å²) in [5, 5.41) is 5.39. The SMILES string of the molecule is CCS(=O)(=O)Nc1ncccc1CNc1nc(Nc2cccc(CNS(C)(=O)=O)c2)ncc1C(F)(F)F. The molecular weight excluding hydrogens is 535 g/mol. The number of benzene rings is 1. The van der Waals surface area contributed by atoms with Gasteiger partial charge >= 0.3 is 6.18 Å². The molecule has 11 nitrogen and oxygen atoms in total. The van der Waals surface area contributed by atoms with Crippen molar-refractivity contribution in [2.75, 3.05) is 27.4 Å². The van der Waals surface area contributed by atoms with Gasteiger partial charge in [-0.05, 0) is 30.7 Å². The monoisotopic (exact) mass is 559 g/mol. The Balaban J connectivity index is 1.84. The number of anilines is 4. The Bertz CT molecular complexity index is 1470. The molecule has 0 atom stereocenters. The lowest BCUT2D eigenvalue weighted by atomic mass is 10.2. The molecule has 0 radical (unpaired) electrons. The number of sulfonamides is 2. The molecule has 0 saturated heterocycles. The van der Waals surface area contributed by atoms with Crippen molar-refractivity contribution in [3.8, 4) is 0 Å². The molecule has 0 unspecified atom stereocenters. The molecule has 2 aromatic heterocycles. The predicted octanol–water partition coefficient (Wildman–Crippen LogP) is 3.06. The molecule has 0 bridgehead atoms. The van der Waals surface area contributed by atoms with Crippen molar-refractivity contribution in [3.05, 3.63) is 65.5 Å². The molecule has 2 heterocycles. The van der Waals surface area contributed by atoms with E-state index >= 15 is 0 Å². The second-order valence-electron chi connectivity index (χ2n) is 7.74. The van der Waals surface area contributed by atoms with E-state index in [4.69, 9.17) is 0 Å². The van der Waals surface area contributed by atoms with Crippen LogP contribution in [0.5, 0.6) is 0 Å². The molecule has 0 aliphatic rings. The molecule has 16 heteroatoms. The maximum absolute atomic E-state index is 13.6. The van der Waals surface area contributed by atoms with Gasteiger partial charge in [-0.25, -0.2) is 31.5 Å². The molecule has 3 rings (SSSR count). The van der Waals surface area contributed by atoms with Crippen LogP contribution in [-0.2, 0) is 39.3 Å². The van der Waals surface area contributed by atoms with Gasteiger partial charge in [-0.1, -0.05) is 18.2 Å². The van der Waals surface area contributed by atoms with Crippen LogP contribution < -0.4 is 20.1 Å². The van der Waals surface area contributed by atoms with Crippen molar-refractivity contribution in [1.29, 1.82) is 0 Å². The van der Waals surface area contributed by atoms with Crippen molar-refractivity contribution >= 4 is 43.3 Å². The molecule has 200 valence electrons. The Morgan fingerprint density at radius 3 is 2.41 bits per heavy atom. The molecule has 37 heavy (non-hydrogen) atoms. The van der Waals surface area contributed by atoms with Crippen LogP contribution in [0.1, 0.15) is 23.6 Å². The van der Waals surface area contributed by atoms with E-state index in [1.807, 2.05) is 0 Å². The van der Waals surface area contributed by atoms with Gasteiger partial charge in [0.05, 0.1) is 12.0 Å². The van der Waals surface area contributed by atoms with Crippen molar-refractivity contribution < 1.29 is 30.0 Å². The second kappa shape index (κ2) is 11.3. The fourth-order valence-corrected chi connectivity index (χ4v) is 4.01. The Labute approximate surface area is 212 Å². The molecule has 0 aliphatic heterocycles. The normalized spacial score (nSPS) is 12.2. The summed E-state index contributed by atoms with van der Waals surface area (Å²) < 4.78 is 92.0. The van der Waals surface area contributed by atoms with E-state index in [0.29, 0.717) is 23.0 Å². The number of halogens is 3. The zero-order valence-corrected chi connectivity index (χ0v) is 21.3. The molecule has 0 spiro atoms. The number of rotatable bonds is 11. The Morgan fingerprint density at radius 2 is 1.73 bits per heavy atom. The Morgan fingerprint density at radius 1 is 0.973 bits per heavy atom. The number of aromatic nitrogens is 3. The molecule has 3 aromatic rings. The summed E-state index contributed by atoms with van der Waals surface area (Å²) in [7, 11) is -7.08. The van der Waals surface area contributed by atoms with E-state index in [1.165, 1.54) is 25.3 Å². The van der Waals surface area contributed by atoms with Gasteiger partial charge < -0.3 is 10.6 Å². The van der Waals surface area contributed by atoms with E-state index in [9.17, 15) is 30.0 Å². The number of nitrogens with one attached hydrogen (secondary N) is 4. The number of nitrogens with zero attached hydrogens (tertiary/aromatic N) is 3. The van der Waals surface area contributed by atoms with Crippen LogP contribution >= 0.6 is 0 Å². The minimum absolute atomic E-state index is 0.0164. The van der Waals surface area contributed by atoms with Crippen LogP contribution in [0.2, 0.25) is 0 Å². The highest BCUT2D eigenvalue weighted by Crippen LogP contribution is 2.34. The summed E-state index contributed by atoms with van der Waals surface area (Å²) in [4.78, 5) is 11.7. The average molecular weight is 560 g/mol. The largest absolute Gasteiger partial charge is 0.421 e. The highest BCUT2D eigenvalue weighted by Gasteiger charge is 2.35. The lowest BCUT2D eigenvalue weighted by molar-refractivity contribution is -0.137. The van der Waals surface area contributed by atoms with E-state index in [1.54, 1.807) is 24.3 Å². The fraction of sp³-hybridized carbons (Fsp3) is 0.286. The smallest absolute Gasteiger partial charge is 0.365 e. The fourth-order valence-electron chi connectivity index (χ4n) is 2.96. The van der Waals surface area contributed by atoms with Crippen molar-refractivity contribution in [1.82, 2.24) is 19.7 Å². The highest BCUT2D eigenvalue weighted by molar-refractivity contribution is 7.92. The molecule has 4 N–H and O–H groups in total. The van der Waals surface area contributed by atoms with Gasteiger partial charge in [0.15, 0.2) is 0 Å². The maximum atomic E-state index is 13.6. The van der Waals surface area contributed by atoms with Crippen molar-refractivity contribution in [2.45, 2.75) is 26.2 Å². The first kappa shape index (κ1) is 28.1. The van der Waals surface area contributed by atoms with E-state index < -0.39 is 37.6 Å². The van der Waals surface area contributed by atoms with Gasteiger partial charge in [0, 0.05) is 36.7 Å². The van der Waals surface area contributed by atoms with E-state index in [-0.39, 0.29) is 30.6 Å². The minimum atomic E-state index is -4.76. The van der Waals surface area contributed by atoms with Crippen LogP contribution in [0.3, 0.4) is 0 Å². The molecule has 0 aliphatic carbocycles. The lowest BCUT2D eigenvalue weighted by Gasteiger charge is -2.16. The molecule has 0 fully saturated rings. The predicted molar refractivity (Wildman–Crippen MR) is 133 cm³/mol. The van der Waals surface area contributed by atoms with Crippen LogP contribution in [0.4, 0.5) is 36.4 Å². The van der Waals surface area contributed by atoms with Crippen LogP contribution in [0.15, 0.2) is 48.8 Å². The first-order valence-corrected chi connectivity index (χ1v) is 14.2. The third-order valence-electron chi connectivity index (χ3n) is 4.79. The number of pyridine rings is 1. The summed E-state index contributed by atoms with van der Waals surface area (Å²) in [6.07, 6.45) is -1.77. The Kier molecular flexibility index (Phi) is 8.55. The number of hydrogen-bond acceptors (Lipinski definition) is 9. The summed E-state index contributed by atoms with van der Waals surface area (Å²) in [5.74, 6) is -0.909. The van der Waals surface area contributed by atoms with Crippen LogP contribution in [0.25, 0.3) is 0 Å². The summed E-state index contributed by atoms with van der Waals surface area (Å²) in [5.41, 5.74) is 0.192. The number of alkyl halides is 3. The Hall–Kier alpha value is -3.50. The maximum Gasteiger partial charge on any atom is 0.421 e. The summed E-state index contributed by atoms with van der Waals surface area (Å²) >= 11 is 0. The van der Waals surface area contributed by atoms with Crippen LogP contribution in [-0.4, -0.2) is 43.8 Å². The van der Waals surface area contributed by atoms with Gasteiger partial charge in [-0.15, -0.1) is 0 Å². The van der Waals surface area contributed by atoms with Gasteiger partial charge in [-0.2, -0.15) is 18.2 Å². The zero-order valence-electron chi connectivity index (χ0n) is 19.7. The topological polar surface area (TPSA) is 155 Å². The third kappa shape index (κ3) is 8.54.